The largest absolute Gasteiger partial charge is 0.407 e. The molecular formula is C37H59NO5Si. The fourth-order valence-corrected chi connectivity index (χ4v) is 11.6. The van der Waals surface area contributed by atoms with E-state index in [-0.39, 0.29) is 23.2 Å². The summed E-state index contributed by atoms with van der Waals surface area (Å²) in [5, 5.41) is 6.34. The Labute approximate surface area is 268 Å². The summed E-state index contributed by atoms with van der Waals surface area (Å²) in [4.78, 5) is 0. The number of hydrogen-bond acceptors (Lipinski definition) is 6. The Morgan fingerprint density at radius 3 is 2.02 bits per heavy atom. The highest BCUT2D eigenvalue weighted by Crippen LogP contribution is 2.37. The Morgan fingerprint density at radius 1 is 0.841 bits per heavy atom. The van der Waals surface area contributed by atoms with Crippen LogP contribution in [0.2, 0.25) is 5.04 Å². The number of benzene rings is 2. The molecule has 0 bridgehead atoms. The number of unbranched alkanes of at least 4 members (excludes halogenated alkanes) is 2. The van der Waals surface area contributed by atoms with E-state index in [1.807, 2.05) is 0 Å². The van der Waals surface area contributed by atoms with E-state index in [4.69, 9.17) is 23.4 Å². The molecule has 7 heteroatoms. The summed E-state index contributed by atoms with van der Waals surface area (Å²) in [6, 6.07) is 21.9. The molecule has 2 aromatic carbocycles. The van der Waals surface area contributed by atoms with Gasteiger partial charge in [0.25, 0.3) is 8.32 Å². The minimum absolute atomic E-state index is 0.0134. The lowest BCUT2D eigenvalue weighted by molar-refractivity contribution is -0.172. The van der Waals surface area contributed by atoms with Crippen molar-refractivity contribution < 1.29 is 23.4 Å². The third-order valence-corrected chi connectivity index (χ3v) is 14.6. The maximum absolute atomic E-state index is 7.10. The minimum Gasteiger partial charge on any atom is -0.407 e. The van der Waals surface area contributed by atoms with Crippen LogP contribution in [-0.4, -0.2) is 66.0 Å². The quantitative estimate of drug-likeness (QED) is 0.137. The second-order valence-corrected chi connectivity index (χ2v) is 17.9. The molecule has 0 aromatic heterocycles. The van der Waals surface area contributed by atoms with Crippen molar-refractivity contribution in [2.45, 2.75) is 116 Å². The molecule has 0 aliphatic carbocycles. The highest BCUT2D eigenvalue weighted by Gasteiger charge is 2.50. The zero-order valence-corrected chi connectivity index (χ0v) is 29.2. The Morgan fingerprint density at radius 2 is 1.45 bits per heavy atom. The van der Waals surface area contributed by atoms with Gasteiger partial charge in [-0.3, -0.25) is 0 Å². The second-order valence-electron chi connectivity index (χ2n) is 13.6. The van der Waals surface area contributed by atoms with Gasteiger partial charge in [-0.25, -0.2) is 0 Å². The molecule has 0 saturated carbocycles. The number of rotatable bonds is 19. The average molecular weight is 626 g/mol. The van der Waals surface area contributed by atoms with Crippen LogP contribution in [0.1, 0.15) is 92.4 Å². The molecule has 2 atom stereocenters. The van der Waals surface area contributed by atoms with Crippen LogP contribution >= 0.6 is 0 Å². The van der Waals surface area contributed by atoms with Gasteiger partial charge in [0.1, 0.15) is 0 Å². The van der Waals surface area contributed by atoms with E-state index in [1.54, 1.807) is 0 Å². The monoisotopic (exact) mass is 625 g/mol. The molecule has 6 nitrogen and oxygen atoms in total. The van der Waals surface area contributed by atoms with Gasteiger partial charge in [-0.05, 0) is 73.4 Å². The maximum Gasteiger partial charge on any atom is 0.261 e. The minimum atomic E-state index is -2.46. The Bertz CT molecular complexity index is 1010. The topological polar surface area (TPSA) is 58.2 Å². The molecular weight excluding hydrogens is 566 g/mol. The van der Waals surface area contributed by atoms with E-state index < -0.39 is 8.32 Å². The summed E-state index contributed by atoms with van der Waals surface area (Å²) in [5.74, 6) is 0.0883. The van der Waals surface area contributed by atoms with Crippen LogP contribution in [0.5, 0.6) is 0 Å². The molecule has 2 saturated heterocycles. The highest BCUT2D eigenvalue weighted by atomic mass is 28.4. The van der Waals surface area contributed by atoms with Gasteiger partial charge in [0.2, 0.25) is 0 Å². The molecule has 0 amide bonds. The van der Waals surface area contributed by atoms with E-state index in [2.05, 4.69) is 101 Å². The van der Waals surface area contributed by atoms with Crippen LogP contribution in [0.15, 0.2) is 60.7 Å². The Balaban J connectivity index is 1.21. The smallest absolute Gasteiger partial charge is 0.261 e. The van der Waals surface area contributed by atoms with Crippen molar-refractivity contribution in [2.24, 2.45) is 5.92 Å². The van der Waals surface area contributed by atoms with Crippen LogP contribution in [-0.2, 0) is 23.4 Å². The number of nitrogens with one attached hydrogen (secondary N) is 1. The van der Waals surface area contributed by atoms with Gasteiger partial charge in [0, 0.05) is 12.5 Å². The zero-order chi connectivity index (χ0) is 31.3. The van der Waals surface area contributed by atoms with Crippen molar-refractivity contribution in [1.82, 2.24) is 5.32 Å². The van der Waals surface area contributed by atoms with Crippen molar-refractivity contribution in [3.8, 4) is 0 Å². The van der Waals surface area contributed by atoms with Gasteiger partial charge in [0.05, 0.1) is 25.9 Å². The zero-order valence-electron chi connectivity index (χ0n) is 28.2. The molecule has 246 valence electrons. The van der Waals surface area contributed by atoms with Crippen LogP contribution in [0.3, 0.4) is 0 Å². The molecule has 0 spiro atoms. The first kappa shape index (κ1) is 35.3. The van der Waals surface area contributed by atoms with E-state index in [0.717, 1.165) is 71.1 Å². The molecule has 2 aliphatic heterocycles. The summed E-state index contributed by atoms with van der Waals surface area (Å²) in [6.45, 7) is 16.2. The first-order valence-corrected chi connectivity index (χ1v) is 19.2. The Hall–Kier alpha value is -1.58. The van der Waals surface area contributed by atoms with E-state index in [0.29, 0.717) is 25.7 Å². The van der Waals surface area contributed by atoms with Gasteiger partial charge in [0.15, 0.2) is 12.1 Å². The van der Waals surface area contributed by atoms with Crippen molar-refractivity contribution in [1.29, 1.82) is 0 Å². The SMILES string of the molecule is CCC1(CC)OC[C@H](CCNCCCC(CCCCCO[Si](c2ccccc2)(c2ccccc2)C(C)(C)C)C2OCCO2)O1. The molecule has 2 heterocycles. The number of ether oxygens (including phenoxy) is 4. The third kappa shape index (κ3) is 9.24. The third-order valence-electron chi connectivity index (χ3n) is 9.55. The van der Waals surface area contributed by atoms with Crippen LogP contribution < -0.4 is 15.7 Å². The summed E-state index contributed by atoms with van der Waals surface area (Å²) in [5.41, 5.74) is 0. The predicted molar refractivity (Wildman–Crippen MR) is 182 cm³/mol. The lowest BCUT2D eigenvalue weighted by Gasteiger charge is -2.43. The van der Waals surface area contributed by atoms with E-state index in [1.165, 1.54) is 16.8 Å². The van der Waals surface area contributed by atoms with Gasteiger partial charge in [-0.1, -0.05) is 108 Å². The summed E-state index contributed by atoms with van der Waals surface area (Å²) >= 11 is 0. The molecule has 2 fully saturated rings. The summed E-state index contributed by atoms with van der Waals surface area (Å²) in [6.07, 6.45) is 9.73. The first-order valence-electron chi connectivity index (χ1n) is 17.3. The molecule has 2 aromatic rings. The van der Waals surface area contributed by atoms with E-state index in [9.17, 15) is 0 Å². The standard InChI is InChI=1S/C37H59NO5Si/c1-6-37(7-2)41-30-32(43-37)24-26-38-25-17-19-31(35-39-28-29-40-35)18-11-10-16-27-42-44(36(3,4)5,33-20-12-8-13-21-33)34-22-14-9-15-23-34/h8-9,12-15,20-23,31-32,35,38H,6-7,10-11,16-19,24-30H2,1-5H3/t31?,32-/m0/s1. The fourth-order valence-electron chi connectivity index (χ4n) is 6.99. The van der Waals surface area contributed by atoms with Crippen molar-refractivity contribution in [3.05, 3.63) is 60.7 Å². The highest BCUT2D eigenvalue weighted by molar-refractivity contribution is 6.99. The Kier molecular flexibility index (Phi) is 13.9. The summed E-state index contributed by atoms with van der Waals surface area (Å²) in [7, 11) is -2.46. The van der Waals surface area contributed by atoms with Crippen LogP contribution in [0.4, 0.5) is 0 Å². The first-order chi connectivity index (χ1) is 21.3. The van der Waals surface area contributed by atoms with Crippen LogP contribution in [0.25, 0.3) is 0 Å². The fraction of sp³-hybridized carbons (Fsp3) is 0.676. The molecule has 1 unspecified atom stereocenters. The van der Waals surface area contributed by atoms with Crippen molar-refractivity contribution in [3.63, 3.8) is 0 Å². The second kappa shape index (κ2) is 17.4. The lowest BCUT2D eigenvalue weighted by Crippen LogP contribution is -2.66. The summed E-state index contributed by atoms with van der Waals surface area (Å²) < 4.78 is 31.2. The van der Waals surface area contributed by atoms with Crippen molar-refractivity contribution in [2.75, 3.05) is 39.5 Å². The average Bonchev–Trinajstić information content (AvgIpc) is 3.73. The molecule has 44 heavy (non-hydrogen) atoms. The molecule has 2 aliphatic rings. The van der Waals surface area contributed by atoms with Gasteiger partial charge in [-0.15, -0.1) is 0 Å². The number of hydrogen-bond donors (Lipinski definition) is 1. The van der Waals surface area contributed by atoms with E-state index >= 15 is 0 Å². The lowest BCUT2D eigenvalue weighted by atomic mass is 9.95. The van der Waals surface area contributed by atoms with Gasteiger partial charge < -0.3 is 28.7 Å². The van der Waals surface area contributed by atoms with Crippen LogP contribution in [0, 0.1) is 5.92 Å². The molecule has 1 N–H and O–H groups in total. The maximum atomic E-state index is 7.10. The molecule has 4 rings (SSSR count). The predicted octanol–water partition coefficient (Wildman–Crippen LogP) is 6.80. The normalized spacial score (nSPS) is 19.9. The van der Waals surface area contributed by atoms with Crippen molar-refractivity contribution >= 4 is 18.7 Å². The van der Waals surface area contributed by atoms with Gasteiger partial charge >= 0.3 is 0 Å². The molecule has 0 radical (unpaired) electrons. The van der Waals surface area contributed by atoms with Gasteiger partial charge in [-0.2, -0.15) is 0 Å².